The van der Waals surface area contributed by atoms with Gasteiger partial charge in [-0.15, -0.1) is 0 Å². The molecule has 0 saturated carbocycles. The first-order chi connectivity index (χ1) is 8.79. The quantitative estimate of drug-likeness (QED) is 0.610. The van der Waals surface area contributed by atoms with E-state index in [9.17, 15) is 0 Å². The van der Waals surface area contributed by atoms with E-state index in [1.807, 2.05) is 7.05 Å². The Kier molecular flexibility index (Phi) is 3.83. The van der Waals surface area contributed by atoms with Crippen molar-refractivity contribution in [2.24, 2.45) is 10.4 Å². The summed E-state index contributed by atoms with van der Waals surface area (Å²) in [6.07, 6.45) is 2.62. The van der Waals surface area contributed by atoms with Crippen LogP contribution in [-0.4, -0.2) is 61.1 Å². The van der Waals surface area contributed by atoms with E-state index in [2.05, 4.69) is 54.9 Å². The number of hydrogen-bond donors (Lipinski definition) is 1. The molecule has 1 atom stereocenters. The lowest BCUT2D eigenvalue weighted by atomic mass is 9.65. The fourth-order valence-corrected chi connectivity index (χ4v) is 3.14. The second-order valence-electron chi connectivity index (χ2n) is 7.23. The molecule has 1 unspecified atom stereocenters. The van der Waals surface area contributed by atoms with Crippen LogP contribution in [0.2, 0.25) is 0 Å². The molecule has 2 aliphatic heterocycles. The molecule has 19 heavy (non-hydrogen) atoms. The maximum Gasteiger partial charge on any atom is 0.194 e. The monoisotopic (exact) mass is 266 g/mol. The summed E-state index contributed by atoms with van der Waals surface area (Å²) in [7, 11) is 4.11. The molecule has 0 aromatic heterocycles. The Hall–Kier alpha value is -0.770. The average molecular weight is 266 g/mol. The molecule has 0 spiro atoms. The van der Waals surface area contributed by atoms with E-state index in [1.165, 1.54) is 19.4 Å². The molecule has 1 N–H and O–H groups in total. The summed E-state index contributed by atoms with van der Waals surface area (Å²) in [4.78, 5) is 9.32. The van der Waals surface area contributed by atoms with Crippen molar-refractivity contribution in [3.63, 3.8) is 0 Å². The molecule has 2 saturated heterocycles. The van der Waals surface area contributed by atoms with E-state index in [0.717, 1.165) is 19.0 Å². The minimum Gasteiger partial charge on any atom is -0.355 e. The molecule has 0 amide bonds. The molecule has 0 aliphatic carbocycles. The van der Waals surface area contributed by atoms with E-state index in [-0.39, 0.29) is 5.54 Å². The van der Waals surface area contributed by atoms with Crippen LogP contribution in [-0.2, 0) is 0 Å². The molecule has 2 fully saturated rings. The van der Waals surface area contributed by atoms with E-state index in [4.69, 9.17) is 0 Å². The molecular weight excluding hydrogens is 236 g/mol. The van der Waals surface area contributed by atoms with Crippen LogP contribution in [0.15, 0.2) is 4.99 Å². The molecule has 0 radical (unpaired) electrons. The molecule has 2 aliphatic rings. The molecule has 0 bridgehead atoms. The van der Waals surface area contributed by atoms with Crippen LogP contribution >= 0.6 is 0 Å². The van der Waals surface area contributed by atoms with Crippen LogP contribution in [0.3, 0.4) is 0 Å². The van der Waals surface area contributed by atoms with Crippen LogP contribution in [0.1, 0.15) is 40.5 Å². The Morgan fingerprint density at radius 1 is 1.32 bits per heavy atom. The summed E-state index contributed by atoms with van der Waals surface area (Å²) < 4.78 is 0. The first kappa shape index (κ1) is 14.6. The van der Waals surface area contributed by atoms with Gasteiger partial charge < -0.3 is 15.1 Å². The van der Waals surface area contributed by atoms with Gasteiger partial charge >= 0.3 is 0 Å². The topological polar surface area (TPSA) is 30.9 Å². The summed E-state index contributed by atoms with van der Waals surface area (Å²) in [5.41, 5.74) is 0.533. The first-order valence-corrected chi connectivity index (χ1v) is 7.48. The van der Waals surface area contributed by atoms with Gasteiger partial charge in [0.15, 0.2) is 5.96 Å². The Labute approximate surface area is 118 Å². The molecule has 0 aromatic carbocycles. The number of hydrogen-bond acceptors (Lipinski definition) is 2. The number of rotatable bonds is 2. The van der Waals surface area contributed by atoms with E-state index < -0.39 is 0 Å². The van der Waals surface area contributed by atoms with Gasteiger partial charge in [0.2, 0.25) is 0 Å². The van der Waals surface area contributed by atoms with Crippen molar-refractivity contribution in [3.05, 3.63) is 0 Å². The smallest absolute Gasteiger partial charge is 0.194 e. The molecule has 0 aromatic rings. The summed E-state index contributed by atoms with van der Waals surface area (Å²) in [5, 5.41) is 3.57. The summed E-state index contributed by atoms with van der Waals surface area (Å²) in [6, 6.07) is 0.661. The van der Waals surface area contributed by atoms with Crippen LogP contribution in [0.25, 0.3) is 0 Å². The van der Waals surface area contributed by atoms with Gasteiger partial charge in [-0.1, -0.05) is 13.8 Å². The first-order valence-electron chi connectivity index (χ1n) is 7.48. The zero-order valence-corrected chi connectivity index (χ0v) is 13.5. The highest BCUT2D eigenvalue weighted by molar-refractivity contribution is 5.82. The highest BCUT2D eigenvalue weighted by atomic mass is 15.4. The van der Waals surface area contributed by atoms with E-state index in [0.29, 0.717) is 11.5 Å². The molecule has 4 heteroatoms. The van der Waals surface area contributed by atoms with E-state index >= 15 is 0 Å². The predicted molar refractivity (Wildman–Crippen MR) is 81.6 cm³/mol. The van der Waals surface area contributed by atoms with Gasteiger partial charge in [-0.3, -0.25) is 4.99 Å². The molecule has 2 rings (SSSR count). The van der Waals surface area contributed by atoms with Crippen LogP contribution in [0.5, 0.6) is 0 Å². The third-order valence-electron chi connectivity index (χ3n) is 5.52. The lowest BCUT2D eigenvalue weighted by Crippen LogP contribution is -2.72. The van der Waals surface area contributed by atoms with Gasteiger partial charge in [0.1, 0.15) is 0 Å². The minimum absolute atomic E-state index is 0.177. The third-order valence-corrected chi connectivity index (χ3v) is 5.52. The fourth-order valence-electron chi connectivity index (χ4n) is 3.14. The van der Waals surface area contributed by atoms with Crippen molar-refractivity contribution < 1.29 is 0 Å². The normalized spacial score (nSPS) is 30.3. The average Bonchev–Trinajstić information content (AvgIpc) is 2.74. The number of guanidine groups is 1. The Balaban J connectivity index is 1.92. The summed E-state index contributed by atoms with van der Waals surface area (Å²) in [5.74, 6) is 1.06. The number of aliphatic imine (C=N–C) groups is 1. The fraction of sp³-hybridized carbons (Fsp3) is 0.933. The zero-order valence-electron chi connectivity index (χ0n) is 13.5. The third kappa shape index (κ3) is 2.47. The highest BCUT2D eigenvalue weighted by Crippen LogP contribution is 2.46. The van der Waals surface area contributed by atoms with Crippen molar-refractivity contribution in [1.82, 2.24) is 15.1 Å². The SMILES string of the molecule is CN=C(NCC1CCCN1C)N1CC(C)(C)C1(C)C. The van der Waals surface area contributed by atoms with E-state index in [1.54, 1.807) is 0 Å². The lowest BCUT2D eigenvalue weighted by Gasteiger charge is -2.62. The number of likely N-dealkylation sites (N-methyl/N-ethyl adjacent to an activating group) is 1. The second kappa shape index (κ2) is 4.97. The van der Waals surface area contributed by atoms with Crippen molar-refractivity contribution in [3.8, 4) is 0 Å². The molecular formula is C15H30N4. The summed E-state index contributed by atoms with van der Waals surface area (Å²) >= 11 is 0. The van der Waals surface area contributed by atoms with Gasteiger partial charge in [0, 0.05) is 37.1 Å². The number of nitrogens with zero attached hydrogens (tertiary/aromatic N) is 3. The van der Waals surface area contributed by atoms with Gasteiger partial charge in [-0.25, -0.2) is 0 Å². The summed E-state index contributed by atoms with van der Waals surface area (Å²) in [6.45, 7) is 12.6. The molecule has 110 valence electrons. The molecule has 2 heterocycles. The number of nitrogens with one attached hydrogen (secondary N) is 1. The molecule has 4 nitrogen and oxygen atoms in total. The van der Waals surface area contributed by atoms with Crippen molar-refractivity contribution in [1.29, 1.82) is 0 Å². The van der Waals surface area contributed by atoms with Crippen molar-refractivity contribution in [2.75, 3.05) is 33.7 Å². The number of likely N-dealkylation sites (tertiary alicyclic amines) is 2. The second-order valence-corrected chi connectivity index (χ2v) is 7.23. The minimum atomic E-state index is 0.177. The Bertz CT molecular complexity index is 359. The van der Waals surface area contributed by atoms with Gasteiger partial charge in [0.25, 0.3) is 0 Å². The maximum absolute atomic E-state index is 4.47. The lowest BCUT2D eigenvalue weighted by molar-refractivity contribution is -0.0668. The van der Waals surface area contributed by atoms with Gasteiger partial charge in [-0.05, 0) is 40.3 Å². The van der Waals surface area contributed by atoms with Gasteiger partial charge in [-0.2, -0.15) is 0 Å². The van der Waals surface area contributed by atoms with Crippen molar-refractivity contribution in [2.45, 2.75) is 52.1 Å². The van der Waals surface area contributed by atoms with Gasteiger partial charge in [0.05, 0.1) is 0 Å². The van der Waals surface area contributed by atoms with Crippen molar-refractivity contribution >= 4 is 5.96 Å². The largest absolute Gasteiger partial charge is 0.355 e. The maximum atomic E-state index is 4.47. The Morgan fingerprint density at radius 3 is 2.42 bits per heavy atom. The highest BCUT2D eigenvalue weighted by Gasteiger charge is 2.53. The van der Waals surface area contributed by atoms with Crippen LogP contribution in [0, 0.1) is 5.41 Å². The zero-order chi connectivity index (χ0) is 14.3. The standard InChI is InChI=1S/C15H30N4/c1-14(2)11-19(15(14,3)4)13(16-5)17-10-12-8-7-9-18(12)6/h12H,7-11H2,1-6H3,(H,16,17). The van der Waals surface area contributed by atoms with Crippen LogP contribution in [0.4, 0.5) is 0 Å². The predicted octanol–water partition coefficient (Wildman–Crippen LogP) is 1.78. The Morgan fingerprint density at radius 2 is 2.00 bits per heavy atom. The van der Waals surface area contributed by atoms with Crippen LogP contribution < -0.4 is 5.32 Å².